The molecule has 1 amide bonds. The monoisotopic (exact) mass is 247 g/mol. The molecule has 1 fully saturated rings. The summed E-state index contributed by atoms with van der Waals surface area (Å²) in [5.74, 6) is 1.35. The standard InChI is InChI=1S/C12H22ClNO2/c1-16-9-8-14(7-6-13)12(15)10-11-4-2-3-5-11/h11H,2-10H2,1H3. The fourth-order valence-electron chi connectivity index (χ4n) is 2.26. The largest absolute Gasteiger partial charge is 0.383 e. The quantitative estimate of drug-likeness (QED) is 0.646. The maximum Gasteiger partial charge on any atom is 0.222 e. The molecule has 0 aromatic carbocycles. The highest BCUT2D eigenvalue weighted by Gasteiger charge is 2.21. The third-order valence-corrected chi connectivity index (χ3v) is 3.38. The number of nitrogens with zero attached hydrogens (tertiary/aromatic N) is 1. The maximum absolute atomic E-state index is 12.0. The Kier molecular flexibility index (Phi) is 6.81. The van der Waals surface area contributed by atoms with Crippen molar-refractivity contribution in [3.05, 3.63) is 0 Å². The van der Waals surface area contributed by atoms with Crippen LogP contribution in [0.1, 0.15) is 32.1 Å². The van der Waals surface area contributed by atoms with E-state index in [4.69, 9.17) is 16.3 Å². The maximum atomic E-state index is 12.0. The van der Waals surface area contributed by atoms with Gasteiger partial charge in [-0.1, -0.05) is 12.8 Å². The first-order valence-electron chi connectivity index (χ1n) is 6.10. The zero-order valence-electron chi connectivity index (χ0n) is 10.1. The third-order valence-electron chi connectivity index (χ3n) is 3.21. The molecule has 0 aromatic rings. The smallest absolute Gasteiger partial charge is 0.222 e. The summed E-state index contributed by atoms with van der Waals surface area (Å²) in [4.78, 5) is 13.8. The number of hydrogen-bond acceptors (Lipinski definition) is 2. The molecule has 0 N–H and O–H groups in total. The lowest BCUT2D eigenvalue weighted by Crippen LogP contribution is -2.36. The van der Waals surface area contributed by atoms with E-state index in [-0.39, 0.29) is 5.91 Å². The van der Waals surface area contributed by atoms with E-state index in [9.17, 15) is 4.79 Å². The van der Waals surface area contributed by atoms with Gasteiger partial charge in [0, 0.05) is 32.5 Å². The van der Waals surface area contributed by atoms with Crippen LogP contribution < -0.4 is 0 Å². The van der Waals surface area contributed by atoms with Gasteiger partial charge in [-0.05, 0) is 18.8 Å². The number of halogens is 1. The van der Waals surface area contributed by atoms with Crippen LogP contribution in [-0.4, -0.2) is 43.5 Å². The number of rotatable bonds is 7. The molecule has 0 aromatic heterocycles. The average molecular weight is 248 g/mol. The predicted octanol–water partition coefficient (Wildman–Crippen LogP) is 2.28. The Bertz CT molecular complexity index is 205. The van der Waals surface area contributed by atoms with Gasteiger partial charge in [-0.15, -0.1) is 11.6 Å². The number of methoxy groups -OCH3 is 1. The second-order valence-electron chi connectivity index (χ2n) is 4.42. The average Bonchev–Trinajstić information content (AvgIpc) is 2.76. The lowest BCUT2D eigenvalue weighted by molar-refractivity contribution is -0.132. The molecule has 0 aliphatic heterocycles. The van der Waals surface area contributed by atoms with Crippen LogP contribution in [-0.2, 0) is 9.53 Å². The molecule has 0 radical (unpaired) electrons. The minimum absolute atomic E-state index is 0.240. The second-order valence-corrected chi connectivity index (χ2v) is 4.80. The van der Waals surface area contributed by atoms with Gasteiger partial charge >= 0.3 is 0 Å². The SMILES string of the molecule is COCCN(CCCl)C(=O)CC1CCCC1. The van der Waals surface area contributed by atoms with Crippen LogP contribution in [0.25, 0.3) is 0 Å². The minimum Gasteiger partial charge on any atom is -0.383 e. The van der Waals surface area contributed by atoms with E-state index in [0.29, 0.717) is 37.9 Å². The molecule has 1 aliphatic rings. The van der Waals surface area contributed by atoms with Gasteiger partial charge in [0.2, 0.25) is 5.91 Å². The zero-order valence-corrected chi connectivity index (χ0v) is 10.8. The molecule has 94 valence electrons. The normalized spacial score (nSPS) is 16.6. The van der Waals surface area contributed by atoms with Gasteiger partial charge < -0.3 is 9.64 Å². The highest BCUT2D eigenvalue weighted by atomic mass is 35.5. The Balaban J connectivity index is 2.32. The molecule has 0 bridgehead atoms. The summed E-state index contributed by atoms with van der Waals surface area (Å²) in [5.41, 5.74) is 0. The van der Waals surface area contributed by atoms with Crippen LogP contribution in [0.4, 0.5) is 0 Å². The van der Waals surface area contributed by atoms with Crippen molar-refractivity contribution in [1.82, 2.24) is 4.90 Å². The molecule has 1 rings (SSSR count). The first kappa shape index (κ1) is 13.8. The number of hydrogen-bond donors (Lipinski definition) is 0. The lowest BCUT2D eigenvalue weighted by Gasteiger charge is -2.22. The number of alkyl halides is 1. The number of ether oxygens (including phenoxy) is 1. The van der Waals surface area contributed by atoms with Gasteiger partial charge in [-0.2, -0.15) is 0 Å². The summed E-state index contributed by atoms with van der Waals surface area (Å²) in [6.07, 6.45) is 5.69. The van der Waals surface area contributed by atoms with Crippen LogP contribution in [0, 0.1) is 5.92 Å². The fourth-order valence-corrected chi connectivity index (χ4v) is 2.46. The Labute approximate surface area is 103 Å². The van der Waals surface area contributed by atoms with E-state index in [1.54, 1.807) is 7.11 Å². The van der Waals surface area contributed by atoms with Gasteiger partial charge in [0.05, 0.1) is 6.61 Å². The summed E-state index contributed by atoms with van der Waals surface area (Å²) in [7, 11) is 1.65. The van der Waals surface area contributed by atoms with Crippen molar-refractivity contribution in [2.24, 2.45) is 5.92 Å². The van der Waals surface area contributed by atoms with Crippen molar-refractivity contribution in [1.29, 1.82) is 0 Å². The van der Waals surface area contributed by atoms with Gasteiger partial charge in [0.25, 0.3) is 0 Å². The van der Waals surface area contributed by atoms with Crippen molar-refractivity contribution in [3.8, 4) is 0 Å². The number of carbonyl (C=O) groups excluding carboxylic acids is 1. The Morgan fingerprint density at radius 2 is 2.06 bits per heavy atom. The summed E-state index contributed by atoms with van der Waals surface area (Å²) in [6.45, 7) is 1.89. The van der Waals surface area contributed by atoms with Crippen LogP contribution in [0.2, 0.25) is 0 Å². The van der Waals surface area contributed by atoms with Crippen LogP contribution in [0.3, 0.4) is 0 Å². The van der Waals surface area contributed by atoms with Gasteiger partial charge in [-0.25, -0.2) is 0 Å². The predicted molar refractivity (Wildman–Crippen MR) is 65.8 cm³/mol. The van der Waals surface area contributed by atoms with Gasteiger partial charge in [0.15, 0.2) is 0 Å². The van der Waals surface area contributed by atoms with Gasteiger partial charge in [0.1, 0.15) is 0 Å². The van der Waals surface area contributed by atoms with Crippen molar-refractivity contribution >= 4 is 17.5 Å². The van der Waals surface area contributed by atoms with Crippen molar-refractivity contribution < 1.29 is 9.53 Å². The van der Waals surface area contributed by atoms with E-state index in [1.165, 1.54) is 25.7 Å². The van der Waals surface area contributed by atoms with E-state index in [2.05, 4.69) is 0 Å². The molecule has 4 heteroatoms. The van der Waals surface area contributed by atoms with Crippen molar-refractivity contribution in [2.75, 3.05) is 32.7 Å². The molecule has 3 nitrogen and oxygen atoms in total. The van der Waals surface area contributed by atoms with Crippen LogP contribution in [0.15, 0.2) is 0 Å². The highest BCUT2D eigenvalue weighted by Crippen LogP contribution is 2.27. The first-order chi connectivity index (χ1) is 7.77. The number of amides is 1. The third kappa shape index (κ3) is 4.71. The van der Waals surface area contributed by atoms with E-state index in [1.807, 2.05) is 4.90 Å². The molecule has 1 aliphatic carbocycles. The van der Waals surface area contributed by atoms with E-state index in [0.717, 1.165) is 0 Å². The Hall–Kier alpha value is -0.280. The van der Waals surface area contributed by atoms with Crippen LogP contribution in [0.5, 0.6) is 0 Å². The second kappa shape index (κ2) is 7.91. The molecule has 0 heterocycles. The zero-order chi connectivity index (χ0) is 11.8. The molecular formula is C12H22ClNO2. The Morgan fingerprint density at radius 3 is 2.62 bits per heavy atom. The molecule has 16 heavy (non-hydrogen) atoms. The summed E-state index contributed by atoms with van der Waals surface area (Å²) in [5, 5.41) is 0. The summed E-state index contributed by atoms with van der Waals surface area (Å²) < 4.78 is 5.00. The molecule has 0 atom stereocenters. The molecule has 0 saturated heterocycles. The first-order valence-corrected chi connectivity index (χ1v) is 6.64. The summed E-state index contributed by atoms with van der Waals surface area (Å²) in [6, 6.07) is 0. The lowest BCUT2D eigenvalue weighted by atomic mass is 10.0. The van der Waals surface area contributed by atoms with Crippen molar-refractivity contribution in [3.63, 3.8) is 0 Å². The molecule has 0 spiro atoms. The Morgan fingerprint density at radius 1 is 1.38 bits per heavy atom. The number of carbonyl (C=O) groups is 1. The highest BCUT2D eigenvalue weighted by molar-refractivity contribution is 6.18. The van der Waals surface area contributed by atoms with E-state index < -0.39 is 0 Å². The minimum atomic E-state index is 0.240. The molecule has 1 saturated carbocycles. The van der Waals surface area contributed by atoms with Crippen molar-refractivity contribution in [2.45, 2.75) is 32.1 Å². The van der Waals surface area contributed by atoms with E-state index >= 15 is 0 Å². The van der Waals surface area contributed by atoms with Crippen LogP contribution >= 0.6 is 11.6 Å². The topological polar surface area (TPSA) is 29.5 Å². The van der Waals surface area contributed by atoms with Gasteiger partial charge in [-0.3, -0.25) is 4.79 Å². The molecule has 0 unspecified atom stereocenters. The molecular weight excluding hydrogens is 226 g/mol. The summed E-state index contributed by atoms with van der Waals surface area (Å²) >= 11 is 5.70. The fraction of sp³-hybridized carbons (Fsp3) is 0.917.